The monoisotopic (exact) mass is 257 g/mol. The van der Waals surface area contributed by atoms with Gasteiger partial charge in [-0.25, -0.2) is 0 Å². The zero-order valence-corrected chi connectivity index (χ0v) is 10.3. The SMILES string of the molecule is Fc1cc2c(s1)SN=C(NC1CCCC1)N2. The predicted octanol–water partition coefficient (Wildman–Crippen LogP) is 3.21. The molecule has 1 saturated carbocycles. The van der Waals surface area contributed by atoms with Crippen LogP contribution in [0.2, 0.25) is 0 Å². The Labute approximate surface area is 102 Å². The van der Waals surface area contributed by atoms with Gasteiger partial charge in [0.1, 0.15) is 4.21 Å². The second-order valence-electron chi connectivity index (χ2n) is 4.03. The molecule has 1 aromatic heterocycles. The van der Waals surface area contributed by atoms with Crippen LogP contribution in [0, 0.1) is 5.13 Å². The zero-order chi connectivity index (χ0) is 11.0. The Morgan fingerprint density at radius 3 is 3.06 bits per heavy atom. The van der Waals surface area contributed by atoms with E-state index in [4.69, 9.17) is 0 Å². The number of nitrogens with one attached hydrogen (secondary N) is 2. The van der Waals surface area contributed by atoms with Crippen molar-refractivity contribution in [3.8, 4) is 0 Å². The Bertz CT molecular complexity index is 424. The van der Waals surface area contributed by atoms with E-state index in [-0.39, 0.29) is 5.13 Å². The molecule has 3 nitrogen and oxygen atoms in total. The van der Waals surface area contributed by atoms with Crippen LogP contribution in [-0.4, -0.2) is 12.0 Å². The van der Waals surface area contributed by atoms with E-state index in [9.17, 15) is 4.39 Å². The molecule has 0 radical (unpaired) electrons. The van der Waals surface area contributed by atoms with E-state index in [1.54, 1.807) is 0 Å². The van der Waals surface area contributed by atoms with E-state index in [1.165, 1.54) is 43.7 Å². The number of halogens is 1. The molecule has 1 aliphatic heterocycles. The van der Waals surface area contributed by atoms with Gasteiger partial charge < -0.3 is 10.6 Å². The van der Waals surface area contributed by atoms with Gasteiger partial charge in [0.2, 0.25) is 5.96 Å². The maximum Gasteiger partial charge on any atom is 0.208 e. The fourth-order valence-corrected chi connectivity index (χ4v) is 3.62. The first-order valence-electron chi connectivity index (χ1n) is 5.39. The van der Waals surface area contributed by atoms with Crippen molar-refractivity contribution in [1.29, 1.82) is 0 Å². The van der Waals surface area contributed by atoms with Gasteiger partial charge >= 0.3 is 0 Å². The van der Waals surface area contributed by atoms with Crippen molar-refractivity contribution in [3.63, 3.8) is 0 Å². The second-order valence-corrected chi connectivity index (χ2v) is 6.07. The molecule has 6 heteroatoms. The summed E-state index contributed by atoms with van der Waals surface area (Å²) in [6.07, 6.45) is 4.99. The predicted molar refractivity (Wildman–Crippen MR) is 66.6 cm³/mol. The largest absolute Gasteiger partial charge is 0.353 e. The summed E-state index contributed by atoms with van der Waals surface area (Å²) in [5.74, 6) is 0.766. The van der Waals surface area contributed by atoms with E-state index in [1.807, 2.05) is 0 Å². The van der Waals surface area contributed by atoms with Gasteiger partial charge in [-0.05, 0) is 12.8 Å². The smallest absolute Gasteiger partial charge is 0.208 e. The van der Waals surface area contributed by atoms with Crippen molar-refractivity contribution < 1.29 is 4.39 Å². The lowest BCUT2D eigenvalue weighted by Crippen LogP contribution is -2.38. The summed E-state index contributed by atoms with van der Waals surface area (Å²) >= 11 is 2.48. The Kier molecular flexibility index (Phi) is 2.77. The van der Waals surface area contributed by atoms with Gasteiger partial charge in [-0.2, -0.15) is 8.79 Å². The minimum absolute atomic E-state index is 0.165. The maximum absolute atomic E-state index is 13.0. The molecule has 2 N–H and O–H groups in total. The van der Waals surface area contributed by atoms with Crippen LogP contribution in [0.25, 0.3) is 0 Å². The van der Waals surface area contributed by atoms with Crippen molar-refractivity contribution in [1.82, 2.24) is 5.32 Å². The number of guanidine groups is 1. The van der Waals surface area contributed by atoms with Gasteiger partial charge in [0.15, 0.2) is 5.13 Å². The van der Waals surface area contributed by atoms with E-state index in [2.05, 4.69) is 15.0 Å². The molecule has 0 saturated heterocycles. The highest BCUT2D eigenvalue weighted by Crippen LogP contribution is 2.38. The summed E-state index contributed by atoms with van der Waals surface area (Å²) in [5.41, 5.74) is 0.836. The molecule has 2 aliphatic rings. The molecule has 16 heavy (non-hydrogen) atoms. The quantitative estimate of drug-likeness (QED) is 0.758. The number of thiophene rings is 1. The number of hydrogen-bond donors (Lipinski definition) is 2. The summed E-state index contributed by atoms with van der Waals surface area (Å²) in [6.45, 7) is 0. The van der Waals surface area contributed by atoms with E-state index < -0.39 is 0 Å². The van der Waals surface area contributed by atoms with Crippen molar-refractivity contribution in [2.75, 3.05) is 5.32 Å². The fourth-order valence-electron chi connectivity index (χ4n) is 2.06. The molecular weight excluding hydrogens is 245 g/mol. The van der Waals surface area contributed by atoms with Crippen LogP contribution in [0.1, 0.15) is 25.7 Å². The van der Waals surface area contributed by atoms with E-state index in [0.717, 1.165) is 27.2 Å². The van der Waals surface area contributed by atoms with Crippen LogP contribution in [-0.2, 0) is 0 Å². The summed E-state index contributed by atoms with van der Waals surface area (Å²) < 4.78 is 18.2. The van der Waals surface area contributed by atoms with Gasteiger partial charge in [0.25, 0.3) is 0 Å². The van der Waals surface area contributed by atoms with E-state index >= 15 is 0 Å². The second kappa shape index (κ2) is 4.25. The first kappa shape index (κ1) is 10.4. The Hall–Kier alpha value is -0.750. The van der Waals surface area contributed by atoms with Gasteiger partial charge in [0, 0.05) is 24.1 Å². The molecule has 86 valence electrons. The highest BCUT2D eigenvalue weighted by Gasteiger charge is 2.20. The van der Waals surface area contributed by atoms with Crippen LogP contribution in [0.15, 0.2) is 14.7 Å². The fraction of sp³-hybridized carbons (Fsp3) is 0.500. The lowest BCUT2D eigenvalue weighted by atomic mass is 10.2. The number of fused-ring (bicyclic) bond motifs is 1. The third-order valence-electron chi connectivity index (χ3n) is 2.84. The molecule has 1 aromatic rings. The summed E-state index contributed by atoms with van der Waals surface area (Å²) in [6, 6.07) is 2.05. The number of hydrogen-bond acceptors (Lipinski definition) is 5. The Morgan fingerprint density at radius 1 is 1.44 bits per heavy atom. The molecule has 0 amide bonds. The van der Waals surface area contributed by atoms with Gasteiger partial charge in [-0.1, -0.05) is 24.2 Å². The number of rotatable bonds is 1. The van der Waals surface area contributed by atoms with E-state index in [0.29, 0.717) is 6.04 Å². The van der Waals surface area contributed by atoms with Crippen molar-refractivity contribution in [2.24, 2.45) is 4.40 Å². The average molecular weight is 257 g/mol. The van der Waals surface area contributed by atoms with Gasteiger partial charge in [-0.15, -0.1) is 0 Å². The van der Waals surface area contributed by atoms with Crippen LogP contribution in [0.3, 0.4) is 0 Å². The van der Waals surface area contributed by atoms with Crippen molar-refractivity contribution in [3.05, 3.63) is 11.2 Å². The minimum atomic E-state index is -0.165. The summed E-state index contributed by atoms with van der Waals surface area (Å²) in [5, 5.41) is 6.34. The molecule has 3 rings (SSSR count). The van der Waals surface area contributed by atoms with Crippen LogP contribution >= 0.6 is 23.3 Å². The Morgan fingerprint density at radius 2 is 2.25 bits per heavy atom. The maximum atomic E-state index is 13.0. The first-order valence-corrected chi connectivity index (χ1v) is 6.98. The van der Waals surface area contributed by atoms with Gasteiger partial charge in [0.05, 0.1) is 5.69 Å². The minimum Gasteiger partial charge on any atom is -0.353 e. The van der Waals surface area contributed by atoms with Crippen LogP contribution in [0.4, 0.5) is 10.1 Å². The number of nitrogens with zero attached hydrogens (tertiary/aromatic N) is 1. The van der Waals surface area contributed by atoms with Crippen molar-refractivity contribution in [2.45, 2.75) is 35.9 Å². The standard InChI is InChI=1S/C10H12FN3S2/c11-8-5-7-9(15-8)16-14-10(13-7)12-6-3-1-2-4-6/h5-6H,1-4H2,(H2,12,13,14). The molecule has 1 fully saturated rings. The first-order chi connectivity index (χ1) is 7.81. The molecule has 0 unspecified atom stereocenters. The lowest BCUT2D eigenvalue weighted by molar-refractivity contribution is 0.630. The van der Waals surface area contributed by atoms with Crippen LogP contribution in [0.5, 0.6) is 0 Å². The highest BCUT2D eigenvalue weighted by atomic mass is 32.2. The zero-order valence-electron chi connectivity index (χ0n) is 8.62. The topological polar surface area (TPSA) is 36.4 Å². The summed E-state index contributed by atoms with van der Waals surface area (Å²) in [4.78, 5) is 0. The molecule has 2 heterocycles. The Balaban J connectivity index is 1.68. The van der Waals surface area contributed by atoms with Gasteiger partial charge in [-0.3, -0.25) is 0 Å². The third-order valence-corrected chi connectivity index (χ3v) is 4.69. The summed E-state index contributed by atoms with van der Waals surface area (Å²) in [7, 11) is 0. The molecule has 1 aliphatic carbocycles. The average Bonchev–Trinajstić information content (AvgIpc) is 2.85. The lowest BCUT2D eigenvalue weighted by Gasteiger charge is -2.19. The molecular formula is C10H12FN3S2. The molecule has 0 bridgehead atoms. The number of anilines is 1. The molecule has 0 spiro atoms. The molecule has 0 atom stereocenters. The highest BCUT2D eigenvalue weighted by molar-refractivity contribution is 8.00. The third kappa shape index (κ3) is 2.04. The normalized spacial score (nSPS) is 20.2. The van der Waals surface area contributed by atoms with Crippen LogP contribution < -0.4 is 10.6 Å². The molecule has 0 aromatic carbocycles. The van der Waals surface area contributed by atoms with Crippen molar-refractivity contribution >= 4 is 34.9 Å².